The number of benzene rings is 1. The van der Waals surface area contributed by atoms with Crippen LogP contribution in [0.4, 0.5) is 5.69 Å². The number of thiophene rings is 1. The topological polar surface area (TPSA) is 63.4 Å². The van der Waals surface area contributed by atoms with Crippen LogP contribution in [0.5, 0.6) is 0 Å². The van der Waals surface area contributed by atoms with E-state index < -0.39 is 10.0 Å². The highest BCUT2D eigenvalue weighted by atomic mass is 32.2. The van der Waals surface area contributed by atoms with E-state index in [9.17, 15) is 8.42 Å². The van der Waals surface area contributed by atoms with Crippen LogP contribution in [0.2, 0.25) is 0 Å². The van der Waals surface area contributed by atoms with E-state index in [-0.39, 0.29) is 6.04 Å². The molecule has 1 aromatic heterocycles. The molecule has 20 heavy (non-hydrogen) atoms. The molecular formula is C14H16N2O2S2. The van der Waals surface area contributed by atoms with Crippen molar-refractivity contribution in [3.63, 3.8) is 0 Å². The van der Waals surface area contributed by atoms with E-state index in [1.807, 2.05) is 18.2 Å². The average Bonchev–Trinajstić information content (AvgIpc) is 3.09. The van der Waals surface area contributed by atoms with Gasteiger partial charge in [0, 0.05) is 18.3 Å². The Labute approximate surface area is 122 Å². The number of para-hydroxylation sites is 1. The van der Waals surface area contributed by atoms with E-state index in [0.29, 0.717) is 16.4 Å². The maximum Gasteiger partial charge on any atom is 0.253 e. The molecule has 4 nitrogen and oxygen atoms in total. The van der Waals surface area contributed by atoms with Gasteiger partial charge in [0.2, 0.25) is 0 Å². The SMILES string of the molecule is Nc1ccccc1CN(C1CC1)S(=O)(=O)c1cccs1. The Kier molecular flexibility index (Phi) is 3.54. The van der Waals surface area contributed by atoms with Crippen molar-refractivity contribution in [2.45, 2.75) is 29.6 Å². The minimum atomic E-state index is -3.41. The predicted octanol–water partition coefficient (Wildman–Crippen LogP) is 2.68. The number of hydrogen-bond donors (Lipinski definition) is 1. The Morgan fingerprint density at radius 3 is 2.55 bits per heavy atom. The Morgan fingerprint density at radius 1 is 1.20 bits per heavy atom. The van der Waals surface area contributed by atoms with Gasteiger partial charge in [-0.25, -0.2) is 8.42 Å². The summed E-state index contributed by atoms with van der Waals surface area (Å²) in [6.07, 6.45) is 1.86. The lowest BCUT2D eigenvalue weighted by atomic mass is 10.2. The smallest absolute Gasteiger partial charge is 0.253 e. The summed E-state index contributed by atoms with van der Waals surface area (Å²) in [7, 11) is -3.41. The van der Waals surface area contributed by atoms with Crippen LogP contribution in [0.1, 0.15) is 18.4 Å². The van der Waals surface area contributed by atoms with Gasteiger partial charge < -0.3 is 5.73 Å². The van der Waals surface area contributed by atoms with Crippen molar-refractivity contribution >= 4 is 27.0 Å². The molecule has 1 saturated carbocycles. The molecule has 0 saturated heterocycles. The molecule has 6 heteroatoms. The van der Waals surface area contributed by atoms with Crippen molar-refractivity contribution < 1.29 is 8.42 Å². The summed E-state index contributed by atoms with van der Waals surface area (Å²) in [6, 6.07) is 11.0. The lowest BCUT2D eigenvalue weighted by Crippen LogP contribution is -2.32. The average molecular weight is 308 g/mol. The molecule has 0 aliphatic heterocycles. The summed E-state index contributed by atoms with van der Waals surface area (Å²) in [4.78, 5) is 0. The fraction of sp³-hybridized carbons (Fsp3) is 0.286. The van der Waals surface area contributed by atoms with E-state index in [1.165, 1.54) is 11.3 Å². The van der Waals surface area contributed by atoms with Crippen molar-refractivity contribution in [3.05, 3.63) is 47.3 Å². The Balaban J connectivity index is 1.93. The van der Waals surface area contributed by atoms with Crippen LogP contribution in [0.25, 0.3) is 0 Å². The predicted molar refractivity (Wildman–Crippen MR) is 80.9 cm³/mol. The Hall–Kier alpha value is -1.37. The van der Waals surface area contributed by atoms with Crippen LogP contribution in [0.15, 0.2) is 46.0 Å². The van der Waals surface area contributed by atoms with Crippen LogP contribution in [0.3, 0.4) is 0 Å². The van der Waals surface area contributed by atoms with Gasteiger partial charge in [-0.15, -0.1) is 11.3 Å². The molecule has 0 amide bonds. The van der Waals surface area contributed by atoms with Gasteiger partial charge in [-0.2, -0.15) is 4.31 Å². The van der Waals surface area contributed by atoms with Gasteiger partial charge in [-0.1, -0.05) is 24.3 Å². The van der Waals surface area contributed by atoms with Gasteiger partial charge in [0.05, 0.1) is 0 Å². The van der Waals surface area contributed by atoms with Gasteiger partial charge in [0.15, 0.2) is 0 Å². The Bertz CT molecular complexity index is 692. The number of anilines is 1. The van der Waals surface area contributed by atoms with Crippen molar-refractivity contribution in [1.82, 2.24) is 4.31 Å². The van der Waals surface area contributed by atoms with Gasteiger partial charge in [0.25, 0.3) is 10.0 Å². The first-order valence-electron chi connectivity index (χ1n) is 6.48. The van der Waals surface area contributed by atoms with Crippen LogP contribution in [0, 0.1) is 0 Å². The Morgan fingerprint density at radius 2 is 1.95 bits per heavy atom. The summed E-state index contributed by atoms with van der Waals surface area (Å²) < 4.78 is 27.4. The molecule has 0 unspecified atom stereocenters. The zero-order chi connectivity index (χ0) is 14.2. The second-order valence-corrected chi connectivity index (χ2v) is 7.98. The molecule has 106 valence electrons. The second kappa shape index (κ2) is 5.20. The first-order chi connectivity index (χ1) is 9.59. The molecule has 0 spiro atoms. The van der Waals surface area contributed by atoms with E-state index in [4.69, 9.17) is 5.73 Å². The maximum atomic E-state index is 12.7. The van der Waals surface area contributed by atoms with Crippen molar-refractivity contribution in [2.24, 2.45) is 0 Å². The first-order valence-corrected chi connectivity index (χ1v) is 8.80. The van der Waals surface area contributed by atoms with Gasteiger partial charge in [0.1, 0.15) is 4.21 Å². The summed E-state index contributed by atoms with van der Waals surface area (Å²) in [5.41, 5.74) is 7.43. The van der Waals surface area contributed by atoms with Crippen LogP contribution in [-0.2, 0) is 16.6 Å². The summed E-state index contributed by atoms with van der Waals surface area (Å²) >= 11 is 1.26. The van der Waals surface area contributed by atoms with Crippen molar-refractivity contribution in [1.29, 1.82) is 0 Å². The van der Waals surface area contributed by atoms with Gasteiger partial charge >= 0.3 is 0 Å². The van der Waals surface area contributed by atoms with Crippen LogP contribution >= 0.6 is 11.3 Å². The number of nitrogens with zero attached hydrogens (tertiary/aromatic N) is 1. The molecule has 2 N–H and O–H groups in total. The van der Waals surface area contributed by atoms with Crippen molar-refractivity contribution in [2.75, 3.05) is 5.73 Å². The number of nitrogens with two attached hydrogens (primary N) is 1. The highest BCUT2D eigenvalue weighted by Gasteiger charge is 2.38. The molecule has 1 aliphatic rings. The maximum absolute atomic E-state index is 12.7. The second-order valence-electron chi connectivity index (χ2n) is 4.91. The molecular weight excluding hydrogens is 292 g/mol. The lowest BCUT2D eigenvalue weighted by molar-refractivity contribution is 0.400. The van der Waals surface area contributed by atoms with Crippen LogP contribution < -0.4 is 5.73 Å². The monoisotopic (exact) mass is 308 g/mol. The van der Waals surface area contributed by atoms with Crippen molar-refractivity contribution in [3.8, 4) is 0 Å². The molecule has 0 bridgehead atoms. The number of hydrogen-bond acceptors (Lipinski definition) is 4. The number of sulfonamides is 1. The number of nitrogen functional groups attached to an aromatic ring is 1. The minimum Gasteiger partial charge on any atom is -0.398 e. The molecule has 1 aromatic carbocycles. The molecule has 3 rings (SSSR count). The summed E-state index contributed by atoms with van der Waals surface area (Å²) in [5.74, 6) is 0. The molecule has 1 aliphatic carbocycles. The van der Waals surface area contributed by atoms with E-state index in [2.05, 4.69) is 0 Å². The third-order valence-electron chi connectivity index (χ3n) is 3.39. The third-order valence-corrected chi connectivity index (χ3v) is 6.66. The van der Waals surface area contributed by atoms with E-state index in [1.54, 1.807) is 27.9 Å². The first kappa shape index (κ1) is 13.6. The third kappa shape index (κ3) is 2.59. The lowest BCUT2D eigenvalue weighted by Gasteiger charge is -2.21. The fourth-order valence-electron chi connectivity index (χ4n) is 2.14. The number of rotatable bonds is 5. The molecule has 0 radical (unpaired) electrons. The summed E-state index contributed by atoms with van der Waals surface area (Å²) in [5, 5.41) is 1.79. The fourth-order valence-corrected chi connectivity index (χ4v) is 4.93. The standard InChI is InChI=1S/C14H16N2O2S2/c15-13-5-2-1-4-11(13)10-16(12-7-8-12)20(17,18)14-6-3-9-19-14/h1-6,9,12H,7-8,10,15H2. The van der Waals surface area contributed by atoms with Crippen LogP contribution in [-0.4, -0.2) is 18.8 Å². The quantitative estimate of drug-likeness (QED) is 0.864. The highest BCUT2D eigenvalue weighted by molar-refractivity contribution is 7.91. The molecule has 1 heterocycles. The normalized spacial score (nSPS) is 15.7. The highest BCUT2D eigenvalue weighted by Crippen LogP contribution is 2.35. The molecule has 2 aromatic rings. The van der Waals surface area contributed by atoms with E-state index >= 15 is 0 Å². The molecule has 1 fully saturated rings. The zero-order valence-electron chi connectivity index (χ0n) is 10.9. The minimum absolute atomic E-state index is 0.113. The van der Waals surface area contributed by atoms with Gasteiger partial charge in [-0.05, 0) is 35.9 Å². The molecule has 0 atom stereocenters. The largest absolute Gasteiger partial charge is 0.398 e. The zero-order valence-corrected chi connectivity index (χ0v) is 12.5. The van der Waals surface area contributed by atoms with E-state index in [0.717, 1.165) is 18.4 Å². The summed E-state index contributed by atoms with van der Waals surface area (Å²) in [6.45, 7) is 0.345. The van der Waals surface area contributed by atoms with Gasteiger partial charge in [-0.3, -0.25) is 0 Å².